The Morgan fingerprint density at radius 2 is 2.18 bits per heavy atom. The Balaban J connectivity index is 1.83. The van der Waals surface area contributed by atoms with Crippen LogP contribution in [0, 0.1) is 0 Å². The van der Waals surface area contributed by atoms with E-state index >= 15 is 0 Å². The number of rotatable bonds is 5. The highest BCUT2D eigenvalue weighted by atomic mass is 16.3. The second-order valence-electron chi connectivity index (χ2n) is 4.78. The normalized spacial score (nSPS) is 22.3. The molecule has 1 fully saturated rings. The molecule has 2 atom stereocenters. The first kappa shape index (κ1) is 12.6. The zero-order valence-corrected chi connectivity index (χ0v) is 10.2. The van der Waals surface area contributed by atoms with Gasteiger partial charge in [0.25, 0.3) is 0 Å². The summed E-state index contributed by atoms with van der Waals surface area (Å²) >= 11 is 0. The molecular formula is C14H22N2O. The summed E-state index contributed by atoms with van der Waals surface area (Å²) in [6.45, 7) is 2.34. The highest BCUT2D eigenvalue weighted by Gasteiger charge is 2.17. The molecule has 1 aromatic rings. The Kier molecular flexibility index (Phi) is 4.98. The minimum Gasteiger partial charge on any atom is -0.395 e. The highest BCUT2D eigenvalue weighted by Crippen LogP contribution is 2.07. The molecule has 2 rings (SSSR count). The number of hydrogen-bond donors (Lipinski definition) is 3. The summed E-state index contributed by atoms with van der Waals surface area (Å²) in [7, 11) is 0. The van der Waals surface area contributed by atoms with E-state index < -0.39 is 0 Å². The van der Waals surface area contributed by atoms with Gasteiger partial charge in [-0.05, 0) is 31.4 Å². The van der Waals surface area contributed by atoms with Crippen molar-refractivity contribution in [1.29, 1.82) is 0 Å². The molecule has 1 unspecified atom stereocenters. The van der Waals surface area contributed by atoms with Gasteiger partial charge in [0.05, 0.1) is 6.61 Å². The van der Waals surface area contributed by atoms with Crippen molar-refractivity contribution in [2.45, 2.75) is 31.3 Å². The third-order valence-electron chi connectivity index (χ3n) is 3.31. The molecule has 0 radical (unpaired) electrons. The minimum atomic E-state index is 0.169. The second kappa shape index (κ2) is 6.74. The number of nitrogens with one attached hydrogen (secondary N) is 2. The van der Waals surface area contributed by atoms with Gasteiger partial charge in [-0.25, -0.2) is 0 Å². The number of aliphatic hydroxyl groups is 1. The van der Waals surface area contributed by atoms with Crippen LogP contribution in [0.25, 0.3) is 0 Å². The molecular weight excluding hydrogens is 212 g/mol. The first-order chi connectivity index (χ1) is 8.38. The van der Waals surface area contributed by atoms with Gasteiger partial charge in [0.1, 0.15) is 0 Å². The van der Waals surface area contributed by atoms with E-state index in [1.807, 2.05) is 18.2 Å². The Morgan fingerprint density at radius 1 is 1.35 bits per heavy atom. The van der Waals surface area contributed by atoms with Gasteiger partial charge in [-0.15, -0.1) is 0 Å². The standard InChI is InChI=1S/C14H22N2O/c17-11-14(9-12-5-2-1-3-6-12)16-13-7-4-8-15-10-13/h1-3,5-6,13-17H,4,7-11H2/t13?,14-/m0/s1. The number of benzene rings is 1. The highest BCUT2D eigenvalue weighted by molar-refractivity contribution is 5.16. The monoisotopic (exact) mass is 234 g/mol. The van der Waals surface area contributed by atoms with Crippen molar-refractivity contribution in [2.75, 3.05) is 19.7 Å². The quantitative estimate of drug-likeness (QED) is 0.710. The van der Waals surface area contributed by atoms with E-state index in [0.717, 1.165) is 19.5 Å². The van der Waals surface area contributed by atoms with Gasteiger partial charge in [-0.3, -0.25) is 0 Å². The fourth-order valence-electron chi connectivity index (χ4n) is 2.40. The lowest BCUT2D eigenvalue weighted by Gasteiger charge is -2.28. The second-order valence-corrected chi connectivity index (χ2v) is 4.78. The third-order valence-corrected chi connectivity index (χ3v) is 3.31. The van der Waals surface area contributed by atoms with Gasteiger partial charge in [0.2, 0.25) is 0 Å². The molecule has 1 aromatic carbocycles. The van der Waals surface area contributed by atoms with Crippen molar-refractivity contribution in [2.24, 2.45) is 0 Å². The van der Waals surface area contributed by atoms with Crippen molar-refractivity contribution < 1.29 is 5.11 Å². The van der Waals surface area contributed by atoms with Crippen LogP contribution in [0.2, 0.25) is 0 Å². The molecule has 0 amide bonds. The van der Waals surface area contributed by atoms with Gasteiger partial charge >= 0.3 is 0 Å². The van der Waals surface area contributed by atoms with Crippen molar-refractivity contribution in [3.8, 4) is 0 Å². The summed E-state index contributed by atoms with van der Waals surface area (Å²) in [5.41, 5.74) is 1.28. The van der Waals surface area contributed by atoms with Crippen LogP contribution in [0.3, 0.4) is 0 Å². The molecule has 1 saturated heterocycles. The molecule has 0 saturated carbocycles. The van der Waals surface area contributed by atoms with E-state index in [1.165, 1.54) is 18.4 Å². The van der Waals surface area contributed by atoms with Crippen LogP contribution in [-0.4, -0.2) is 36.9 Å². The van der Waals surface area contributed by atoms with Crippen LogP contribution in [-0.2, 0) is 6.42 Å². The topological polar surface area (TPSA) is 44.3 Å². The fourth-order valence-corrected chi connectivity index (χ4v) is 2.40. The Morgan fingerprint density at radius 3 is 2.82 bits per heavy atom. The summed E-state index contributed by atoms with van der Waals surface area (Å²) in [5, 5.41) is 16.4. The predicted octanol–water partition coefficient (Wildman–Crippen LogP) is 0.932. The van der Waals surface area contributed by atoms with Crippen LogP contribution >= 0.6 is 0 Å². The molecule has 0 spiro atoms. The fraction of sp³-hybridized carbons (Fsp3) is 0.571. The first-order valence-electron chi connectivity index (χ1n) is 6.50. The largest absolute Gasteiger partial charge is 0.395 e. The molecule has 1 aliphatic heterocycles. The smallest absolute Gasteiger partial charge is 0.0587 e. The lowest BCUT2D eigenvalue weighted by Crippen LogP contribution is -2.49. The summed E-state index contributed by atoms with van der Waals surface area (Å²) in [5.74, 6) is 0. The molecule has 3 heteroatoms. The Bertz CT molecular complexity index is 309. The lowest BCUT2D eigenvalue weighted by molar-refractivity contribution is 0.221. The maximum absolute atomic E-state index is 9.44. The molecule has 3 nitrogen and oxygen atoms in total. The van der Waals surface area contributed by atoms with E-state index in [0.29, 0.717) is 6.04 Å². The summed E-state index contributed by atoms with van der Waals surface area (Å²) < 4.78 is 0. The van der Waals surface area contributed by atoms with Crippen molar-refractivity contribution in [3.05, 3.63) is 35.9 Å². The number of aliphatic hydroxyl groups excluding tert-OH is 1. The van der Waals surface area contributed by atoms with Crippen LogP contribution < -0.4 is 10.6 Å². The first-order valence-corrected chi connectivity index (χ1v) is 6.50. The minimum absolute atomic E-state index is 0.169. The average molecular weight is 234 g/mol. The van der Waals surface area contributed by atoms with Crippen molar-refractivity contribution in [1.82, 2.24) is 10.6 Å². The van der Waals surface area contributed by atoms with Crippen LogP contribution in [0.1, 0.15) is 18.4 Å². The van der Waals surface area contributed by atoms with Crippen LogP contribution in [0.4, 0.5) is 0 Å². The Hall–Kier alpha value is -0.900. The third kappa shape index (κ3) is 4.11. The van der Waals surface area contributed by atoms with Crippen LogP contribution in [0.15, 0.2) is 30.3 Å². The zero-order valence-electron chi connectivity index (χ0n) is 10.2. The van der Waals surface area contributed by atoms with Gasteiger partial charge < -0.3 is 15.7 Å². The van der Waals surface area contributed by atoms with E-state index in [9.17, 15) is 5.11 Å². The van der Waals surface area contributed by atoms with E-state index in [4.69, 9.17) is 0 Å². The molecule has 94 valence electrons. The number of hydrogen-bond acceptors (Lipinski definition) is 3. The van der Waals surface area contributed by atoms with Gasteiger partial charge in [-0.1, -0.05) is 30.3 Å². The van der Waals surface area contributed by atoms with Crippen molar-refractivity contribution in [3.63, 3.8) is 0 Å². The molecule has 3 N–H and O–H groups in total. The van der Waals surface area contributed by atoms with E-state index in [2.05, 4.69) is 22.8 Å². The van der Waals surface area contributed by atoms with Gasteiger partial charge in [-0.2, -0.15) is 0 Å². The SMILES string of the molecule is OC[C@H](Cc1ccccc1)NC1CCCNC1. The van der Waals surface area contributed by atoms with E-state index in [-0.39, 0.29) is 12.6 Å². The van der Waals surface area contributed by atoms with E-state index in [1.54, 1.807) is 0 Å². The summed E-state index contributed by atoms with van der Waals surface area (Å²) in [6, 6.07) is 11.0. The predicted molar refractivity (Wildman–Crippen MR) is 70.0 cm³/mol. The maximum atomic E-state index is 9.44. The van der Waals surface area contributed by atoms with Crippen molar-refractivity contribution >= 4 is 0 Å². The number of piperidine rings is 1. The molecule has 1 heterocycles. The van der Waals surface area contributed by atoms with Crippen LogP contribution in [0.5, 0.6) is 0 Å². The molecule has 17 heavy (non-hydrogen) atoms. The maximum Gasteiger partial charge on any atom is 0.0587 e. The van der Waals surface area contributed by atoms with Gasteiger partial charge in [0, 0.05) is 18.6 Å². The lowest BCUT2D eigenvalue weighted by atomic mass is 10.0. The molecule has 1 aliphatic rings. The summed E-state index contributed by atoms with van der Waals surface area (Å²) in [4.78, 5) is 0. The average Bonchev–Trinajstić information content (AvgIpc) is 2.40. The molecule has 0 aliphatic carbocycles. The molecule has 0 aromatic heterocycles. The summed E-state index contributed by atoms with van der Waals surface area (Å²) in [6.07, 6.45) is 3.33. The molecule has 0 bridgehead atoms. The van der Waals surface area contributed by atoms with Gasteiger partial charge in [0.15, 0.2) is 0 Å². The Labute approximate surface area is 103 Å². The zero-order chi connectivity index (χ0) is 11.9.